The molecule has 0 bridgehead atoms. The Morgan fingerprint density at radius 1 is 1.33 bits per heavy atom. The van der Waals surface area contributed by atoms with Crippen LogP contribution in [0.3, 0.4) is 0 Å². The first-order valence-corrected chi connectivity index (χ1v) is 8.27. The van der Waals surface area contributed by atoms with Gasteiger partial charge in [0, 0.05) is 29.5 Å². The van der Waals surface area contributed by atoms with Crippen LogP contribution in [-0.4, -0.2) is 37.7 Å². The first kappa shape index (κ1) is 16.1. The molecule has 24 heavy (non-hydrogen) atoms. The van der Waals surface area contributed by atoms with E-state index in [1.807, 2.05) is 12.1 Å². The first-order valence-electron chi connectivity index (χ1n) is 7.46. The third-order valence-corrected chi connectivity index (χ3v) is 4.43. The predicted octanol–water partition coefficient (Wildman–Crippen LogP) is 2.37. The number of pyridine rings is 1. The number of thiophene rings is 1. The topological polar surface area (TPSA) is 75.9 Å². The van der Waals surface area contributed by atoms with Crippen molar-refractivity contribution >= 4 is 17.4 Å². The normalized spacial score (nSPS) is 10.6. The molecule has 3 aromatic rings. The molecule has 0 atom stereocenters. The third-order valence-electron chi connectivity index (χ3n) is 3.44. The molecule has 0 aliphatic rings. The highest BCUT2D eigenvalue weighted by molar-refractivity contribution is 7.11. The van der Waals surface area contributed by atoms with Gasteiger partial charge in [0.05, 0.1) is 6.54 Å². The highest BCUT2D eigenvalue weighted by atomic mass is 32.1. The van der Waals surface area contributed by atoms with E-state index in [2.05, 4.69) is 39.4 Å². The second-order valence-corrected chi connectivity index (χ2v) is 6.76. The highest BCUT2D eigenvalue weighted by Crippen LogP contribution is 2.16. The van der Waals surface area contributed by atoms with E-state index in [-0.39, 0.29) is 6.03 Å². The number of aryl methyl sites for hydroxylation is 1. The summed E-state index contributed by atoms with van der Waals surface area (Å²) in [6, 6.07) is 7.76. The summed E-state index contributed by atoms with van der Waals surface area (Å²) in [5, 5.41) is 6.92. The van der Waals surface area contributed by atoms with Gasteiger partial charge in [-0.2, -0.15) is 5.10 Å². The summed E-state index contributed by atoms with van der Waals surface area (Å²) in [6.07, 6.45) is 4.77. The van der Waals surface area contributed by atoms with E-state index < -0.39 is 0 Å². The molecule has 3 heterocycles. The van der Waals surface area contributed by atoms with Crippen molar-refractivity contribution in [1.82, 2.24) is 30.0 Å². The van der Waals surface area contributed by atoms with E-state index in [0.29, 0.717) is 18.9 Å². The first-order chi connectivity index (χ1) is 11.6. The molecular weight excluding hydrogens is 324 g/mol. The Bertz CT molecular complexity index is 796. The molecule has 1 N–H and O–H groups in total. The minimum absolute atomic E-state index is 0.110. The van der Waals surface area contributed by atoms with Crippen LogP contribution in [0.2, 0.25) is 0 Å². The van der Waals surface area contributed by atoms with Crippen LogP contribution in [0.1, 0.15) is 15.3 Å². The van der Waals surface area contributed by atoms with Crippen LogP contribution in [0.4, 0.5) is 4.79 Å². The van der Waals surface area contributed by atoms with Crippen molar-refractivity contribution in [3.63, 3.8) is 0 Å². The number of hydrogen-bond acceptors (Lipinski definition) is 5. The number of nitrogens with one attached hydrogen (secondary N) is 1. The van der Waals surface area contributed by atoms with Gasteiger partial charge in [0.15, 0.2) is 5.82 Å². The molecular formula is C16H18N6OS. The standard InChI is InChI=1S/C16H18N6OS/c1-12-3-5-14(24-12)9-21(2)16(23)19-8-13-4-6-15(18-7-13)22-11-17-10-20-22/h3-7,10-11H,8-9H2,1-2H3,(H,19,23). The lowest BCUT2D eigenvalue weighted by Crippen LogP contribution is -2.36. The van der Waals surface area contributed by atoms with Gasteiger partial charge in [-0.25, -0.2) is 19.4 Å². The molecule has 0 aromatic carbocycles. The molecule has 2 amide bonds. The Balaban J connectivity index is 1.52. The smallest absolute Gasteiger partial charge is 0.317 e. The molecule has 0 unspecified atom stereocenters. The molecule has 0 fully saturated rings. The van der Waals surface area contributed by atoms with Gasteiger partial charge in [-0.05, 0) is 30.7 Å². The molecule has 0 radical (unpaired) electrons. The molecule has 0 aliphatic carbocycles. The van der Waals surface area contributed by atoms with E-state index in [4.69, 9.17) is 0 Å². The molecule has 3 aromatic heterocycles. The van der Waals surface area contributed by atoms with Gasteiger partial charge in [-0.15, -0.1) is 11.3 Å². The van der Waals surface area contributed by atoms with Crippen LogP contribution < -0.4 is 5.32 Å². The number of urea groups is 1. The Kier molecular flexibility index (Phi) is 4.85. The molecule has 7 nitrogen and oxygen atoms in total. The zero-order valence-corrected chi connectivity index (χ0v) is 14.3. The summed E-state index contributed by atoms with van der Waals surface area (Å²) in [5.74, 6) is 0.688. The molecule has 8 heteroatoms. The molecule has 0 saturated heterocycles. The highest BCUT2D eigenvalue weighted by Gasteiger charge is 2.10. The summed E-state index contributed by atoms with van der Waals surface area (Å²) in [6.45, 7) is 3.09. The van der Waals surface area contributed by atoms with Gasteiger partial charge in [-0.1, -0.05) is 6.07 Å². The third kappa shape index (κ3) is 3.96. The van der Waals surface area contributed by atoms with Crippen molar-refractivity contribution in [2.24, 2.45) is 0 Å². The summed E-state index contributed by atoms with van der Waals surface area (Å²) < 4.78 is 1.58. The molecule has 124 valence electrons. The van der Waals surface area contributed by atoms with Crippen molar-refractivity contribution in [2.45, 2.75) is 20.0 Å². The van der Waals surface area contributed by atoms with Gasteiger partial charge < -0.3 is 10.2 Å². The Labute approximate surface area is 144 Å². The quantitative estimate of drug-likeness (QED) is 0.772. The number of rotatable bonds is 5. The van der Waals surface area contributed by atoms with Crippen molar-refractivity contribution in [3.8, 4) is 5.82 Å². The average molecular weight is 342 g/mol. The van der Waals surface area contributed by atoms with Crippen LogP contribution >= 0.6 is 11.3 Å². The molecule has 3 rings (SSSR count). The van der Waals surface area contributed by atoms with Gasteiger partial charge in [0.1, 0.15) is 12.7 Å². The number of amides is 2. The van der Waals surface area contributed by atoms with Crippen molar-refractivity contribution in [1.29, 1.82) is 0 Å². The maximum Gasteiger partial charge on any atom is 0.317 e. The van der Waals surface area contributed by atoms with Gasteiger partial charge >= 0.3 is 6.03 Å². The number of hydrogen-bond donors (Lipinski definition) is 1. The number of aromatic nitrogens is 4. The van der Waals surface area contributed by atoms with Gasteiger partial charge in [0.2, 0.25) is 0 Å². The Morgan fingerprint density at radius 3 is 2.83 bits per heavy atom. The minimum Gasteiger partial charge on any atom is -0.334 e. The number of nitrogens with zero attached hydrogens (tertiary/aromatic N) is 5. The fourth-order valence-corrected chi connectivity index (χ4v) is 3.12. The maximum absolute atomic E-state index is 12.2. The number of carbonyl (C=O) groups is 1. The molecule has 0 saturated carbocycles. The maximum atomic E-state index is 12.2. The summed E-state index contributed by atoms with van der Waals surface area (Å²) >= 11 is 1.70. The monoisotopic (exact) mass is 342 g/mol. The van der Waals surface area contributed by atoms with Crippen molar-refractivity contribution in [3.05, 3.63) is 58.4 Å². The average Bonchev–Trinajstić information content (AvgIpc) is 3.25. The number of carbonyl (C=O) groups excluding carboxylic acids is 1. The fraction of sp³-hybridized carbons (Fsp3) is 0.250. The Morgan fingerprint density at radius 2 is 2.21 bits per heavy atom. The second-order valence-electron chi connectivity index (χ2n) is 5.39. The summed E-state index contributed by atoms with van der Waals surface area (Å²) in [4.78, 5) is 24.4. The largest absolute Gasteiger partial charge is 0.334 e. The van der Waals surface area contributed by atoms with Crippen LogP contribution in [0, 0.1) is 6.92 Å². The molecule has 0 spiro atoms. The zero-order chi connectivity index (χ0) is 16.9. The van der Waals surface area contributed by atoms with E-state index in [1.54, 1.807) is 40.5 Å². The van der Waals surface area contributed by atoms with E-state index in [0.717, 1.165) is 5.56 Å². The predicted molar refractivity (Wildman–Crippen MR) is 91.9 cm³/mol. The van der Waals surface area contributed by atoms with Crippen LogP contribution in [-0.2, 0) is 13.1 Å². The van der Waals surface area contributed by atoms with Crippen LogP contribution in [0.5, 0.6) is 0 Å². The van der Waals surface area contributed by atoms with Crippen molar-refractivity contribution in [2.75, 3.05) is 7.05 Å². The lowest BCUT2D eigenvalue weighted by atomic mass is 10.3. The molecule has 0 aliphatic heterocycles. The minimum atomic E-state index is -0.110. The summed E-state index contributed by atoms with van der Waals surface area (Å²) in [5.41, 5.74) is 0.924. The van der Waals surface area contributed by atoms with Gasteiger partial charge in [-0.3, -0.25) is 0 Å². The van der Waals surface area contributed by atoms with E-state index >= 15 is 0 Å². The van der Waals surface area contributed by atoms with Gasteiger partial charge in [0.25, 0.3) is 0 Å². The Hall–Kier alpha value is -2.74. The lowest BCUT2D eigenvalue weighted by Gasteiger charge is -2.17. The van der Waals surface area contributed by atoms with Crippen LogP contribution in [0.25, 0.3) is 5.82 Å². The summed E-state index contributed by atoms with van der Waals surface area (Å²) in [7, 11) is 1.79. The SMILES string of the molecule is Cc1ccc(CN(C)C(=O)NCc2ccc(-n3cncn3)nc2)s1. The van der Waals surface area contributed by atoms with E-state index in [9.17, 15) is 4.79 Å². The lowest BCUT2D eigenvalue weighted by molar-refractivity contribution is 0.207. The van der Waals surface area contributed by atoms with Crippen LogP contribution in [0.15, 0.2) is 43.1 Å². The van der Waals surface area contributed by atoms with E-state index in [1.165, 1.54) is 16.1 Å². The second kappa shape index (κ2) is 7.22. The zero-order valence-electron chi connectivity index (χ0n) is 13.5. The fourth-order valence-electron chi connectivity index (χ4n) is 2.17. The van der Waals surface area contributed by atoms with Crippen molar-refractivity contribution < 1.29 is 4.79 Å².